The summed E-state index contributed by atoms with van der Waals surface area (Å²) in [6.07, 6.45) is -2.05. The Bertz CT molecular complexity index is 459. The van der Waals surface area contributed by atoms with Crippen LogP contribution in [0.4, 0.5) is 24.5 Å². The molecular formula is C14H20F3N3. The zero-order valence-corrected chi connectivity index (χ0v) is 11.5. The molecule has 1 atom stereocenters. The standard InChI is InChI=1S/C14H20F3N3/c1-20-6-2-3-10(9-20)8-19-13-5-4-11(7-12(13)18)14(15,16)17/h4-5,7,10,19H,2-3,6,8-9,18H2,1H3. The van der Waals surface area contributed by atoms with Crippen LogP contribution in [0.15, 0.2) is 18.2 Å². The predicted octanol–water partition coefficient (Wildman–Crippen LogP) is 3.04. The maximum absolute atomic E-state index is 12.5. The Hall–Kier alpha value is -1.43. The first-order valence-corrected chi connectivity index (χ1v) is 6.75. The Morgan fingerprint density at radius 3 is 2.75 bits per heavy atom. The van der Waals surface area contributed by atoms with Crippen molar-refractivity contribution in [3.63, 3.8) is 0 Å². The minimum atomic E-state index is -4.35. The molecule has 2 rings (SSSR count). The van der Waals surface area contributed by atoms with Gasteiger partial charge in [-0.15, -0.1) is 0 Å². The lowest BCUT2D eigenvalue weighted by molar-refractivity contribution is -0.137. The Morgan fingerprint density at radius 1 is 1.40 bits per heavy atom. The number of hydrogen-bond donors (Lipinski definition) is 2. The van der Waals surface area contributed by atoms with Gasteiger partial charge in [0.25, 0.3) is 0 Å². The Kier molecular flexibility index (Phi) is 4.42. The predicted molar refractivity (Wildman–Crippen MR) is 74.6 cm³/mol. The summed E-state index contributed by atoms with van der Waals surface area (Å²) in [6.45, 7) is 2.85. The first kappa shape index (κ1) is 15.0. The minimum absolute atomic E-state index is 0.143. The molecule has 1 fully saturated rings. The molecule has 3 N–H and O–H groups in total. The van der Waals surface area contributed by atoms with Crippen molar-refractivity contribution in [3.05, 3.63) is 23.8 Å². The Labute approximate surface area is 116 Å². The number of alkyl halides is 3. The monoisotopic (exact) mass is 287 g/mol. The van der Waals surface area contributed by atoms with E-state index in [4.69, 9.17) is 5.73 Å². The minimum Gasteiger partial charge on any atom is -0.397 e. The van der Waals surface area contributed by atoms with Crippen molar-refractivity contribution in [2.24, 2.45) is 5.92 Å². The number of halogens is 3. The number of anilines is 2. The summed E-state index contributed by atoms with van der Waals surface area (Å²) in [5.74, 6) is 0.510. The number of nitrogens with zero attached hydrogens (tertiary/aromatic N) is 1. The molecule has 3 nitrogen and oxygen atoms in total. The molecule has 1 aliphatic rings. The van der Waals surface area contributed by atoms with E-state index in [-0.39, 0.29) is 5.69 Å². The molecule has 20 heavy (non-hydrogen) atoms. The number of nitrogen functional groups attached to an aromatic ring is 1. The highest BCUT2D eigenvalue weighted by molar-refractivity contribution is 5.67. The van der Waals surface area contributed by atoms with Crippen LogP contribution in [0.1, 0.15) is 18.4 Å². The molecule has 0 aliphatic carbocycles. The summed E-state index contributed by atoms with van der Waals surface area (Å²) in [6, 6.07) is 3.45. The Morgan fingerprint density at radius 2 is 2.15 bits per heavy atom. The number of likely N-dealkylation sites (tertiary alicyclic amines) is 1. The topological polar surface area (TPSA) is 41.3 Å². The van der Waals surface area contributed by atoms with E-state index in [1.807, 2.05) is 0 Å². The van der Waals surface area contributed by atoms with E-state index in [0.29, 0.717) is 11.6 Å². The zero-order chi connectivity index (χ0) is 14.8. The van der Waals surface area contributed by atoms with E-state index in [1.165, 1.54) is 6.07 Å². The quantitative estimate of drug-likeness (QED) is 0.840. The van der Waals surface area contributed by atoms with Crippen LogP contribution in [0.3, 0.4) is 0 Å². The highest BCUT2D eigenvalue weighted by atomic mass is 19.4. The van der Waals surface area contributed by atoms with Crippen LogP contribution in [0.2, 0.25) is 0 Å². The average Bonchev–Trinajstić information content (AvgIpc) is 2.36. The van der Waals surface area contributed by atoms with Crippen LogP contribution in [0.5, 0.6) is 0 Å². The van der Waals surface area contributed by atoms with Crippen LogP contribution < -0.4 is 11.1 Å². The van der Waals surface area contributed by atoms with Gasteiger partial charge in [-0.25, -0.2) is 0 Å². The molecule has 0 aromatic heterocycles. The summed E-state index contributed by atoms with van der Waals surface area (Å²) in [5, 5.41) is 3.16. The van der Waals surface area contributed by atoms with Gasteiger partial charge < -0.3 is 16.0 Å². The van der Waals surface area contributed by atoms with Crippen LogP contribution in [0.25, 0.3) is 0 Å². The molecule has 1 aliphatic heterocycles. The molecule has 1 saturated heterocycles. The third-order valence-electron chi connectivity index (χ3n) is 3.68. The van der Waals surface area contributed by atoms with Gasteiger partial charge in [0.1, 0.15) is 0 Å². The van der Waals surface area contributed by atoms with Crippen molar-refractivity contribution in [2.75, 3.05) is 37.7 Å². The van der Waals surface area contributed by atoms with Crippen LogP contribution in [-0.4, -0.2) is 31.6 Å². The number of hydrogen-bond acceptors (Lipinski definition) is 3. The number of nitrogens with two attached hydrogens (primary N) is 1. The summed E-state index contributed by atoms with van der Waals surface area (Å²) in [4.78, 5) is 2.27. The van der Waals surface area contributed by atoms with Gasteiger partial charge in [-0.05, 0) is 50.6 Å². The first-order valence-electron chi connectivity index (χ1n) is 6.75. The van der Waals surface area contributed by atoms with Gasteiger partial charge in [0, 0.05) is 13.1 Å². The van der Waals surface area contributed by atoms with Gasteiger partial charge in [0.05, 0.1) is 16.9 Å². The van der Waals surface area contributed by atoms with Crippen molar-refractivity contribution >= 4 is 11.4 Å². The van der Waals surface area contributed by atoms with Crippen molar-refractivity contribution in [1.82, 2.24) is 4.90 Å². The molecular weight excluding hydrogens is 267 g/mol. The number of rotatable bonds is 3. The molecule has 0 saturated carbocycles. The number of nitrogens with one attached hydrogen (secondary N) is 1. The zero-order valence-electron chi connectivity index (χ0n) is 11.5. The van der Waals surface area contributed by atoms with Gasteiger partial charge in [-0.3, -0.25) is 0 Å². The molecule has 0 amide bonds. The molecule has 0 radical (unpaired) electrons. The maximum Gasteiger partial charge on any atom is 0.416 e. The van der Waals surface area contributed by atoms with Crippen molar-refractivity contribution in [1.29, 1.82) is 0 Å². The smallest absolute Gasteiger partial charge is 0.397 e. The van der Waals surface area contributed by atoms with Crippen molar-refractivity contribution in [3.8, 4) is 0 Å². The SMILES string of the molecule is CN1CCCC(CNc2ccc(C(F)(F)F)cc2N)C1. The summed E-state index contributed by atoms with van der Waals surface area (Å²) < 4.78 is 37.6. The van der Waals surface area contributed by atoms with E-state index >= 15 is 0 Å². The fourth-order valence-electron chi connectivity index (χ4n) is 2.59. The second kappa shape index (κ2) is 5.91. The van der Waals surface area contributed by atoms with E-state index in [1.54, 1.807) is 0 Å². The highest BCUT2D eigenvalue weighted by Crippen LogP contribution is 2.33. The van der Waals surface area contributed by atoms with E-state index < -0.39 is 11.7 Å². The second-order valence-corrected chi connectivity index (χ2v) is 5.45. The number of benzene rings is 1. The lowest BCUT2D eigenvalue weighted by Gasteiger charge is -2.30. The largest absolute Gasteiger partial charge is 0.416 e. The van der Waals surface area contributed by atoms with Gasteiger partial charge in [-0.2, -0.15) is 13.2 Å². The molecule has 0 spiro atoms. The van der Waals surface area contributed by atoms with Crippen LogP contribution >= 0.6 is 0 Å². The maximum atomic E-state index is 12.5. The second-order valence-electron chi connectivity index (χ2n) is 5.45. The highest BCUT2D eigenvalue weighted by Gasteiger charge is 2.30. The lowest BCUT2D eigenvalue weighted by Crippen LogP contribution is -2.35. The van der Waals surface area contributed by atoms with E-state index in [0.717, 1.165) is 44.6 Å². The third-order valence-corrected chi connectivity index (χ3v) is 3.68. The number of piperidine rings is 1. The third kappa shape index (κ3) is 3.79. The lowest BCUT2D eigenvalue weighted by atomic mass is 9.98. The molecule has 0 bridgehead atoms. The first-order chi connectivity index (χ1) is 9.36. The fraction of sp³-hybridized carbons (Fsp3) is 0.571. The van der Waals surface area contributed by atoms with Gasteiger partial charge in [0.15, 0.2) is 0 Å². The average molecular weight is 287 g/mol. The van der Waals surface area contributed by atoms with E-state index in [2.05, 4.69) is 17.3 Å². The summed E-state index contributed by atoms with van der Waals surface area (Å²) >= 11 is 0. The molecule has 6 heteroatoms. The Balaban J connectivity index is 1.96. The fourth-order valence-corrected chi connectivity index (χ4v) is 2.59. The summed E-state index contributed by atoms with van der Waals surface area (Å²) in [7, 11) is 2.08. The molecule has 112 valence electrons. The van der Waals surface area contributed by atoms with Gasteiger partial charge in [0.2, 0.25) is 0 Å². The normalized spacial score (nSPS) is 20.9. The van der Waals surface area contributed by atoms with Crippen molar-refractivity contribution in [2.45, 2.75) is 19.0 Å². The summed E-state index contributed by atoms with van der Waals surface area (Å²) in [5.41, 5.74) is 5.70. The molecule has 1 aromatic rings. The van der Waals surface area contributed by atoms with Crippen LogP contribution in [0, 0.1) is 5.92 Å². The molecule has 1 aromatic carbocycles. The van der Waals surface area contributed by atoms with Gasteiger partial charge >= 0.3 is 6.18 Å². The van der Waals surface area contributed by atoms with Gasteiger partial charge in [-0.1, -0.05) is 0 Å². The van der Waals surface area contributed by atoms with E-state index in [9.17, 15) is 13.2 Å². The molecule has 1 heterocycles. The molecule has 1 unspecified atom stereocenters. The van der Waals surface area contributed by atoms with Crippen LogP contribution in [-0.2, 0) is 6.18 Å². The van der Waals surface area contributed by atoms with Crippen molar-refractivity contribution < 1.29 is 13.2 Å².